The summed E-state index contributed by atoms with van der Waals surface area (Å²) in [4.78, 5) is 2.49. The van der Waals surface area contributed by atoms with Crippen LogP contribution in [0.25, 0.3) is 0 Å². The van der Waals surface area contributed by atoms with E-state index in [4.69, 9.17) is 10.5 Å². The number of ether oxygens (including phenoxy) is 1. The predicted molar refractivity (Wildman–Crippen MR) is 65.7 cm³/mol. The lowest BCUT2D eigenvalue weighted by molar-refractivity contribution is 0.193. The molecule has 3 heteroatoms. The van der Waals surface area contributed by atoms with E-state index >= 15 is 0 Å². The Bertz CT molecular complexity index is 386. The van der Waals surface area contributed by atoms with Crippen LogP contribution in [0.4, 0.5) is 11.4 Å². The van der Waals surface area contributed by atoms with E-state index in [1.807, 2.05) is 6.07 Å². The zero-order chi connectivity index (χ0) is 11.0. The smallest absolute Gasteiger partial charge is 0.0670 e. The topological polar surface area (TPSA) is 38.5 Å². The molecule has 0 aromatic heterocycles. The van der Waals surface area contributed by atoms with Gasteiger partial charge in [-0.1, -0.05) is 6.07 Å². The number of nitrogens with two attached hydrogens (primary N) is 1. The minimum absolute atomic E-state index is 0.556. The SMILES string of the molecule is Nc1ccc2c(c1)N(C1CCOC1)CCC2. The fraction of sp³-hybridized carbons (Fsp3) is 0.538. The minimum atomic E-state index is 0.556. The van der Waals surface area contributed by atoms with Gasteiger partial charge < -0.3 is 15.4 Å². The van der Waals surface area contributed by atoms with Crippen LogP contribution in [0.2, 0.25) is 0 Å². The van der Waals surface area contributed by atoms with E-state index < -0.39 is 0 Å². The van der Waals surface area contributed by atoms with Crippen molar-refractivity contribution in [2.45, 2.75) is 25.3 Å². The summed E-state index contributed by atoms with van der Waals surface area (Å²) in [7, 11) is 0. The Hall–Kier alpha value is -1.22. The van der Waals surface area contributed by atoms with E-state index in [-0.39, 0.29) is 0 Å². The Kier molecular flexibility index (Phi) is 2.48. The quantitative estimate of drug-likeness (QED) is 0.731. The first-order valence-corrected chi connectivity index (χ1v) is 6.07. The van der Waals surface area contributed by atoms with E-state index in [0.717, 1.165) is 31.9 Å². The zero-order valence-corrected chi connectivity index (χ0v) is 9.48. The Morgan fingerprint density at radius 1 is 1.38 bits per heavy atom. The van der Waals surface area contributed by atoms with Crippen molar-refractivity contribution in [2.24, 2.45) is 0 Å². The summed E-state index contributed by atoms with van der Waals surface area (Å²) >= 11 is 0. The molecule has 0 radical (unpaired) electrons. The van der Waals surface area contributed by atoms with Gasteiger partial charge in [0.2, 0.25) is 0 Å². The molecule has 3 nitrogen and oxygen atoms in total. The second kappa shape index (κ2) is 3.98. The third kappa shape index (κ3) is 1.65. The average Bonchev–Trinajstić information content (AvgIpc) is 2.81. The molecule has 1 unspecified atom stereocenters. The molecular weight excluding hydrogens is 200 g/mol. The Labute approximate surface area is 96.2 Å². The van der Waals surface area contributed by atoms with Gasteiger partial charge in [0.05, 0.1) is 12.6 Å². The van der Waals surface area contributed by atoms with Crippen molar-refractivity contribution < 1.29 is 4.74 Å². The number of aryl methyl sites for hydroxylation is 1. The highest BCUT2D eigenvalue weighted by Crippen LogP contribution is 2.32. The molecule has 2 aliphatic rings. The van der Waals surface area contributed by atoms with Crippen LogP contribution in [0.3, 0.4) is 0 Å². The van der Waals surface area contributed by atoms with Gasteiger partial charge in [0.15, 0.2) is 0 Å². The van der Waals surface area contributed by atoms with Crippen molar-refractivity contribution in [3.05, 3.63) is 23.8 Å². The summed E-state index contributed by atoms with van der Waals surface area (Å²) in [6.07, 6.45) is 3.57. The highest BCUT2D eigenvalue weighted by atomic mass is 16.5. The first kappa shape index (κ1) is 9.97. The maximum Gasteiger partial charge on any atom is 0.0670 e. The first-order valence-electron chi connectivity index (χ1n) is 6.07. The number of hydrogen-bond acceptors (Lipinski definition) is 3. The molecule has 0 bridgehead atoms. The molecule has 2 N–H and O–H groups in total. The molecule has 1 saturated heterocycles. The van der Waals surface area contributed by atoms with Crippen molar-refractivity contribution in [1.29, 1.82) is 0 Å². The lowest BCUT2D eigenvalue weighted by Crippen LogP contribution is -2.39. The molecule has 0 aliphatic carbocycles. The number of benzene rings is 1. The van der Waals surface area contributed by atoms with Gasteiger partial charge in [-0.3, -0.25) is 0 Å². The van der Waals surface area contributed by atoms with Crippen LogP contribution in [-0.4, -0.2) is 25.8 Å². The van der Waals surface area contributed by atoms with E-state index in [2.05, 4.69) is 17.0 Å². The zero-order valence-electron chi connectivity index (χ0n) is 9.48. The summed E-state index contributed by atoms with van der Waals surface area (Å²) in [6.45, 7) is 2.91. The Balaban J connectivity index is 1.94. The molecule has 1 atom stereocenters. The monoisotopic (exact) mass is 218 g/mol. The van der Waals surface area contributed by atoms with Gasteiger partial charge >= 0.3 is 0 Å². The van der Waals surface area contributed by atoms with Gasteiger partial charge in [-0.05, 0) is 37.0 Å². The summed E-state index contributed by atoms with van der Waals surface area (Å²) in [5, 5.41) is 0. The molecule has 3 rings (SSSR count). The molecule has 16 heavy (non-hydrogen) atoms. The van der Waals surface area contributed by atoms with Gasteiger partial charge in [-0.2, -0.15) is 0 Å². The molecule has 0 spiro atoms. The van der Waals surface area contributed by atoms with E-state index in [9.17, 15) is 0 Å². The largest absolute Gasteiger partial charge is 0.399 e. The van der Waals surface area contributed by atoms with E-state index in [1.54, 1.807) is 0 Å². The standard InChI is InChI=1S/C13H18N2O/c14-11-4-3-10-2-1-6-15(13(10)8-11)12-5-7-16-9-12/h3-4,8,12H,1-2,5-7,9,14H2. The van der Waals surface area contributed by atoms with Gasteiger partial charge in [-0.25, -0.2) is 0 Å². The molecule has 1 aromatic carbocycles. The van der Waals surface area contributed by atoms with Crippen molar-refractivity contribution in [3.8, 4) is 0 Å². The van der Waals surface area contributed by atoms with Crippen molar-refractivity contribution in [3.63, 3.8) is 0 Å². The van der Waals surface area contributed by atoms with Crippen LogP contribution in [0.5, 0.6) is 0 Å². The molecule has 2 aliphatic heterocycles. The van der Waals surface area contributed by atoms with Crippen LogP contribution in [0, 0.1) is 0 Å². The van der Waals surface area contributed by atoms with Crippen LogP contribution in [-0.2, 0) is 11.2 Å². The third-order valence-corrected chi connectivity index (χ3v) is 3.61. The summed E-state index contributed by atoms with van der Waals surface area (Å²) in [5.74, 6) is 0. The van der Waals surface area contributed by atoms with Crippen LogP contribution in [0.1, 0.15) is 18.4 Å². The summed E-state index contributed by atoms with van der Waals surface area (Å²) in [5.41, 5.74) is 9.52. The Morgan fingerprint density at radius 2 is 2.31 bits per heavy atom. The number of anilines is 2. The number of rotatable bonds is 1. The molecule has 1 aromatic rings. The molecule has 1 fully saturated rings. The Morgan fingerprint density at radius 3 is 3.12 bits per heavy atom. The maximum atomic E-state index is 5.88. The number of fused-ring (bicyclic) bond motifs is 1. The molecule has 86 valence electrons. The highest BCUT2D eigenvalue weighted by Gasteiger charge is 2.27. The molecule has 2 heterocycles. The van der Waals surface area contributed by atoms with Crippen LogP contribution in [0.15, 0.2) is 18.2 Å². The number of nitrogens with zero attached hydrogens (tertiary/aromatic N) is 1. The van der Waals surface area contributed by atoms with E-state index in [1.165, 1.54) is 24.1 Å². The van der Waals surface area contributed by atoms with Gasteiger partial charge in [0, 0.05) is 24.5 Å². The van der Waals surface area contributed by atoms with E-state index in [0.29, 0.717) is 6.04 Å². The lowest BCUT2D eigenvalue weighted by atomic mass is 9.99. The minimum Gasteiger partial charge on any atom is -0.399 e. The van der Waals surface area contributed by atoms with Gasteiger partial charge in [0.1, 0.15) is 0 Å². The molecule has 0 saturated carbocycles. The lowest BCUT2D eigenvalue weighted by Gasteiger charge is -2.35. The predicted octanol–water partition coefficient (Wildman–Crippen LogP) is 1.81. The number of nitrogen functional groups attached to an aromatic ring is 1. The summed E-state index contributed by atoms with van der Waals surface area (Å²) < 4.78 is 5.48. The second-order valence-electron chi connectivity index (χ2n) is 4.70. The van der Waals surface area contributed by atoms with Gasteiger partial charge in [0.25, 0.3) is 0 Å². The van der Waals surface area contributed by atoms with Crippen molar-refractivity contribution in [2.75, 3.05) is 30.4 Å². The van der Waals surface area contributed by atoms with Gasteiger partial charge in [-0.15, -0.1) is 0 Å². The van der Waals surface area contributed by atoms with Crippen LogP contribution < -0.4 is 10.6 Å². The first-order chi connectivity index (χ1) is 7.84. The van der Waals surface area contributed by atoms with Crippen molar-refractivity contribution in [1.82, 2.24) is 0 Å². The van der Waals surface area contributed by atoms with Crippen molar-refractivity contribution >= 4 is 11.4 Å². The molecule has 0 amide bonds. The van der Waals surface area contributed by atoms with Crippen LogP contribution >= 0.6 is 0 Å². The maximum absolute atomic E-state index is 5.88. The second-order valence-corrected chi connectivity index (χ2v) is 4.70. The third-order valence-electron chi connectivity index (χ3n) is 3.61. The highest BCUT2D eigenvalue weighted by molar-refractivity contribution is 5.63. The fourth-order valence-electron chi connectivity index (χ4n) is 2.77. The average molecular weight is 218 g/mol. The summed E-state index contributed by atoms with van der Waals surface area (Å²) in [6, 6.07) is 6.85. The normalized spacial score (nSPS) is 24.5. The number of hydrogen-bond donors (Lipinski definition) is 1. The molecular formula is C13H18N2O. The fourth-order valence-corrected chi connectivity index (χ4v) is 2.77.